The Morgan fingerprint density at radius 3 is 2.66 bits per heavy atom. The Morgan fingerprint density at radius 1 is 1.14 bits per heavy atom. The lowest BCUT2D eigenvalue weighted by Gasteiger charge is -2.71. The molecule has 1 atom stereocenters. The molecule has 29 heavy (non-hydrogen) atoms. The molecule has 150 valence electrons. The SMILES string of the molecule is Cc1cn(C23CC(Cc4nc5n(n4)CCCC[C@@H]5c4ccc(Cl)cc4)(C2)C3)cn1. The smallest absolute Gasteiger partial charge is 0.151 e. The quantitative estimate of drug-likeness (QED) is 0.619. The van der Waals surface area contributed by atoms with Crippen LogP contribution in [0.4, 0.5) is 0 Å². The molecule has 3 aliphatic carbocycles. The summed E-state index contributed by atoms with van der Waals surface area (Å²) in [5.41, 5.74) is 3.14. The molecule has 3 fully saturated rings. The minimum Gasteiger partial charge on any atom is -0.331 e. The van der Waals surface area contributed by atoms with Crippen molar-refractivity contribution in [2.24, 2.45) is 5.41 Å². The van der Waals surface area contributed by atoms with E-state index in [1.165, 1.54) is 37.7 Å². The van der Waals surface area contributed by atoms with E-state index in [2.05, 4.69) is 39.5 Å². The van der Waals surface area contributed by atoms with Gasteiger partial charge >= 0.3 is 0 Å². The summed E-state index contributed by atoms with van der Waals surface area (Å²) in [6.45, 7) is 3.05. The maximum atomic E-state index is 6.10. The Hall–Kier alpha value is -2.14. The second kappa shape index (κ2) is 6.18. The van der Waals surface area contributed by atoms with Gasteiger partial charge in [0.15, 0.2) is 5.82 Å². The van der Waals surface area contributed by atoms with Gasteiger partial charge in [0.1, 0.15) is 5.82 Å². The van der Waals surface area contributed by atoms with E-state index in [4.69, 9.17) is 21.7 Å². The number of fused-ring (bicyclic) bond motifs is 1. The van der Waals surface area contributed by atoms with Gasteiger partial charge in [0, 0.05) is 35.6 Å². The van der Waals surface area contributed by atoms with Crippen molar-refractivity contribution in [2.75, 3.05) is 0 Å². The van der Waals surface area contributed by atoms with Crippen molar-refractivity contribution < 1.29 is 0 Å². The van der Waals surface area contributed by atoms with Gasteiger partial charge in [0.2, 0.25) is 0 Å². The van der Waals surface area contributed by atoms with E-state index >= 15 is 0 Å². The first kappa shape index (κ1) is 17.7. The molecule has 4 aliphatic rings. The van der Waals surface area contributed by atoms with Crippen LogP contribution in [0.25, 0.3) is 0 Å². The third-order valence-electron chi connectivity index (χ3n) is 7.35. The van der Waals surface area contributed by atoms with E-state index in [1.807, 2.05) is 18.5 Å². The van der Waals surface area contributed by atoms with Gasteiger partial charge in [-0.15, -0.1) is 0 Å². The van der Waals surface area contributed by atoms with E-state index in [1.54, 1.807) is 0 Å². The average Bonchev–Trinajstić information content (AvgIpc) is 3.19. The van der Waals surface area contributed by atoms with Crippen molar-refractivity contribution in [3.05, 3.63) is 64.7 Å². The number of benzene rings is 1. The molecule has 6 heteroatoms. The normalized spacial score (nSPS) is 30.2. The van der Waals surface area contributed by atoms with Crippen LogP contribution in [0.3, 0.4) is 0 Å². The van der Waals surface area contributed by atoms with Crippen LogP contribution in [-0.4, -0.2) is 24.3 Å². The summed E-state index contributed by atoms with van der Waals surface area (Å²) in [5.74, 6) is 2.51. The summed E-state index contributed by atoms with van der Waals surface area (Å²) >= 11 is 6.10. The highest BCUT2D eigenvalue weighted by Gasteiger charge is 2.68. The summed E-state index contributed by atoms with van der Waals surface area (Å²) in [4.78, 5) is 9.50. The summed E-state index contributed by atoms with van der Waals surface area (Å²) in [7, 11) is 0. The molecule has 3 heterocycles. The first-order chi connectivity index (χ1) is 14.0. The highest BCUT2D eigenvalue weighted by atomic mass is 35.5. The topological polar surface area (TPSA) is 48.5 Å². The first-order valence-corrected chi connectivity index (χ1v) is 11.1. The fourth-order valence-corrected chi connectivity index (χ4v) is 6.19. The Labute approximate surface area is 176 Å². The second-order valence-electron chi connectivity index (χ2n) is 9.56. The molecule has 3 saturated carbocycles. The second-order valence-corrected chi connectivity index (χ2v) is 10.00. The molecule has 7 rings (SSSR count). The Bertz CT molecular complexity index is 1040. The lowest BCUT2D eigenvalue weighted by Crippen LogP contribution is -2.68. The van der Waals surface area contributed by atoms with Gasteiger partial charge in [-0.1, -0.05) is 30.2 Å². The molecule has 0 amide bonds. The van der Waals surface area contributed by atoms with Gasteiger partial charge in [-0.2, -0.15) is 5.10 Å². The zero-order valence-electron chi connectivity index (χ0n) is 16.8. The number of aryl methyl sites for hydroxylation is 2. The number of hydrogen-bond acceptors (Lipinski definition) is 3. The summed E-state index contributed by atoms with van der Waals surface area (Å²) in [6.07, 6.45) is 12.4. The van der Waals surface area contributed by atoms with Crippen LogP contribution < -0.4 is 0 Å². The summed E-state index contributed by atoms with van der Waals surface area (Å²) in [5, 5.41) is 5.74. The molecule has 0 unspecified atom stereocenters. The van der Waals surface area contributed by atoms with Gasteiger partial charge in [-0.05, 0) is 62.1 Å². The highest BCUT2D eigenvalue weighted by molar-refractivity contribution is 6.30. The van der Waals surface area contributed by atoms with E-state index in [0.29, 0.717) is 16.9 Å². The van der Waals surface area contributed by atoms with Crippen molar-refractivity contribution in [1.82, 2.24) is 24.3 Å². The monoisotopic (exact) mass is 407 g/mol. The van der Waals surface area contributed by atoms with Crippen LogP contribution in [0.2, 0.25) is 5.02 Å². The molecular weight excluding hydrogens is 382 g/mol. The highest BCUT2D eigenvalue weighted by Crippen LogP contribution is 2.72. The molecule has 0 radical (unpaired) electrons. The molecule has 2 bridgehead atoms. The molecule has 1 aromatic carbocycles. The largest absolute Gasteiger partial charge is 0.331 e. The number of aromatic nitrogens is 5. The zero-order valence-corrected chi connectivity index (χ0v) is 17.6. The number of nitrogens with zero attached hydrogens (tertiary/aromatic N) is 5. The molecule has 5 nitrogen and oxygen atoms in total. The van der Waals surface area contributed by atoms with Crippen LogP contribution in [0.5, 0.6) is 0 Å². The molecule has 0 saturated heterocycles. The summed E-state index contributed by atoms with van der Waals surface area (Å²) < 4.78 is 4.53. The van der Waals surface area contributed by atoms with Crippen LogP contribution >= 0.6 is 11.6 Å². The Kier molecular flexibility index (Phi) is 3.77. The van der Waals surface area contributed by atoms with Crippen molar-refractivity contribution in [3.8, 4) is 0 Å². The van der Waals surface area contributed by atoms with Crippen LogP contribution in [-0.2, 0) is 18.5 Å². The van der Waals surface area contributed by atoms with Crippen molar-refractivity contribution in [1.29, 1.82) is 0 Å². The molecular formula is C23H26ClN5. The van der Waals surface area contributed by atoms with Gasteiger partial charge < -0.3 is 4.57 Å². The van der Waals surface area contributed by atoms with Crippen molar-refractivity contribution in [2.45, 2.75) is 69.9 Å². The van der Waals surface area contributed by atoms with Crippen LogP contribution in [0.1, 0.15) is 67.3 Å². The van der Waals surface area contributed by atoms with Gasteiger partial charge in [0.25, 0.3) is 0 Å². The van der Waals surface area contributed by atoms with E-state index < -0.39 is 0 Å². The van der Waals surface area contributed by atoms with E-state index in [0.717, 1.165) is 41.8 Å². The molecule has 1 aliphatic heterocycles. The number of hydrogen-bond donors (Lipinski definition) is 0. The van der Waals surface area contributed by atoms with Gasteiger partial charge in [-0.3, -0.25) is 0 Å². The van der Waals surface area contributed by atoms with Gasteiger partial charge in [-0.25, -0.2) is 14.6 Å². The lowest BCUT2D eigenvalue weighted by molar-refractivity contribution is -0.187. The number of rotatable bonds is 4. The van der Waals surface area contributed by atoms with Crippen molar-refractivity contribution >= 4 is 11.6 Å². The van der Waals surface area contributed by atoms with Gasteiger partial charge in [0.05, 0.1) is 12.0 Å². The Balaban J connectivity index is 1.22. The average molecular weight is 408 g/mol. The predicted octanol–water partition coefficient (Wildman–Crippen LogP) is 4.87. The fraction of sp³-hybridized carbons (Fsp3) is 0.522. The standard InChI is InChI=1S/C23H26ClN5/c1-16-11-28(15-25-16)23-12-22(13-23,14-23)10-20-26-21-19(4-2-3-9-29(21)27-20)17-5-7-18(24)8-6-17/h5-8,11,15,19H,2-4,9-10,12-14H2,1H3/t19-,22?,23?/m1/s1. The minimum atomic E-state index is 0.323. The molecule has 2 aromatic heterocycles. The number of halogens is 1. The maximum absolute atomic E-state index is 6.10. The lowest BCUT2D eigenvalue weighted by atomic mass is 9.38. The molecule has 0 N–H and O–H groups in total. The minimum absolute atomic E-state index is 0.323. The molecule has 3 aromatic rings. The third kappa shape index (κ3) is 2.77. The first-order valence-electron chi connectivity index (χ1n) is 10.7. The van der Waals surface area contributed by atoms with Crippen molar-refractivity contribution in [3.63, 3.8) is 0 Å². The zero-order chi connectivity index (χ0) is 19.6. The van der Waals surface area contributed by atoms with Crippen LogP contribution in [0, 0.1) is 12.3 Å². The number of imidazole rings is 1. The Morgan fingerprint density at radius 2 is 1.93 bits per heavy atom. The predicted molar refractivity (Wildman–Crippen MR) is 112 cm³/mol. The van der Waals surface area contributed by atoms with E-state index in [9.17, 15) is 0 Å². The fourth-order valence-electron chi connectivity index (χ4n) is 6.07. The summed E-state index contributed by atoms with van der Waals surface area (Å²) in [6, 6.07) is 8.27. The maximum Gasteiger partial charge on any atom is 0.151 e. The van der Waals surface area contributed by atoms with E-state index in [-0.39, 0.29) is 0 Å². The third-order valence-corrected chi connectivity index (χ3v) is 7.60. The van der Waals surface area contributed by atoms with Crippen LogP contribution in [0.15, 0.2) is 36.8 Å². The molecule has 0 spiro atoms.